The van der Waals surface area contributed by atoms with E-state index in [1.807, 2.05) is 25.4 Å². The van der Waals surface area contributed by atoms with Crippen LogP contribution in [-0.2, 0) is 6.42 Å². The van der Waals surface area contributed by atoms with Crippen LogP contribution in [0.15, 0.2) is 18.3 Å². The van der Waals surface area contributed by atoms with Crippen LogP contribution in [0.25, 0.3) is 0 Å². The van der Waals surface area contributed by atoms with Crippen molar-refractivity contribution in [1.29, 1.82) is 0 Å². The minimum Gasteiger partial charge on any atom is -0.312 e. The van der Waals surface area contributed by atoms with Crippen LogP contribution < -0.4 is 5.32 Å². The van der Waals surface area contributed by atoms with Gasteiger partial charge in [-0.3, -0.25) is 9.37 Å². The fourth-order valence-corrected chi connectivity index (χ4v) is 1.26. The summed E-state index contributed by atoms with van der Waals surface area (Å²) in [6.07, 6.45) is 3.19. The zero-order chi connectivity index (χ0) is 10.4. The van der Waals surface area contributed by atoms with Gasteiger partial charge in [0.25, 0.3) is 0 Å². The minimum absolute atomic E-state index is 0.255. The summed E-state index contributed by atoms with van der Waals surface area (Å²) < 4.78 is 11.9. The van der Waals surface area contributed by atoms with Crippen molar-refractivity contribution >= 4 is 0 Å². The van der Waals surface area contributed by atoms with Crippen molar-refractivity contribution in [3.8, 4) is 0 Å². The van der Waals surface area contributed by atoms with E-state index in [9.17, 15) is 4.39 Å². The molecule has 0 aliphatic heterocycles. The van der Waals surface area contributed by atoms with Crippen molar-refractivity contribution in [1.82, 2.24) is 10.3 Å². The first-order valence-electron chi connectivity index (χ1n) is 4.96. The zero-order valence-electron chi connectivity index (χ0n) is 8.76. The van der Waals surface area contributed by atoms with Crippen molar-refractivity contribution in [2.75, 3.05) is 13.7 Å². The number of hydrogen-bond donors (Lipinski definition) is 1. The zero-order valence-corrected chi connectivity index (χ0v) is 8.76. The van der Waals surface area contributed by atoms with E-state index in [1.54, 1.807) is 0 Å². The Morgan fingerprint density at radius 1 is 1.50 bits per heavy atom. The number of hydrogen-bond acceptors (Lipinski definition) is 2. The molecule has 0 spiro atoms. The van der Waals surface area contributed by atoms with E-state index in [4.69, 9.17) is 0 Å². The first kappa shape index (κ1) is 11.1. The Kier molecular flexibility index (Phi) is 4.53. The van der Waals surface area contributed by atoms with Crippen molar-refractivity contribution in [3.63, 3.8) is 0 Å². The van der Waals surface area contributed by atoms with Crippen LogP contribution >= 0.6 is 0 Å². The number of pyridine rings is 1. The molecule has 1 aromatic rings. The van der Waals surface area contributed by atoms with E-state index in [0.717, 1.165) is 17.7 Å². The van der Waals surface area contributed by atoms with Crippen LogP contribution in [-0.4, -0.2) is 18.7 Å². The Morgan fingerprint density at radius 2 is 2.29 bits per heavy atom. The third-order valence-electron chi connectivity index (χ3n) is 2.32. The van der Waals surface area contributed by atoms with E-state index < -0.39 is 0 Å². The standard InChI is InChI=1S/C11H17FN2/c1-9(13-2)11-6-5-10(8-14-11)4-3-7-12/h5-6,8-9,13H,3-4,7H2,1-2H3. The van der Waals surface area contributed by atoms with Crippen LogP contribution in [0.3, 0.4) is 0 Å². The number of halogens is 1. The molecule has 0 fully saturated rings. The van der Waals surface area contributed by atoms with Crippen LogP contribution in [0.2, 0.25) is 0 Å². The quantitative estimate of drug-likeness (QED) is 0.781. The molecule has 1 heterocycles. The molecule has 0 radical (unpaired) electrons. The second-order valence-electron chi connectivity index (χ2n) is 3.39. The maximum absolute atomic E-state index is 11.9. The van der Waals surface area contributed by atoms with Crippen LogP contribution in [0.1, 0.15) is 30.6 Å². The number of nitrogens with one attached hydrogen (secondary N) is 1. The number of aromatic nitrogens is 1. The molecule has 2 nitrogen and oxygen atoms in total. The summed E-state index contributed by atoms with van der Waals surface area (Å²) in [7, 11) is 1.91. The molecule has 1 rings (SSSR count). The molecule has 1 atom stereocenters. The predicted octanol–water partition coefficient (Wildman–Crippen LogP) is 2.26. The summed E-state index contributed by atoms with van der Waals surface area (Å²) >= 11 is 0. The Balaban J connectivity index is 2.59. The first-order chi connectivity index (χ1) is 6.77. The van der Waals surface area contributed by atoms with Gasteiger partial charge in [-0.25, -0.2) is 0 Å². The molecule has 78 valence electrons. The summed E-state index contributed by atoms with van der Waals surface area (Å²) in [5.41, 5.74) is 2.13. The monoisotopic (exact) mass is 196 g/mol. The van der Waals surface area contributed by atoms with Gasteiger partial charge in [0.1, 0.15) is 0 Å². The fourth-order valence-electron chi connectivity index (χ4n) is 1.26. The predicted molar refractivity (Wildman–Crippen MR) is 56.0 cm³/mol. The summed E-state index contributed by atoms with van der Waals surface area (Å²) in [6, 6.07) is 4.28. The van der Waals surface area contributed by atoms with Gasteiger partial charge in [0.2, 0.25) is 0 Å². The SMILES string of the molecule is CNC(C)c1ccc(CCCF)cn1. The topological polar surface area (TPSA) is 24.9 Å². The van der Waals surface area contributed by atoms with Crippen molar-refractivity contribution < 1.29 is 4.39 Å². The average molecular weight is 196 g/mol. The first-order valence-corrected chi connectivity index (χ1v) is 4.96. The third-order valence-corrected chi connectivity index (χ3v) is 2.32. The molecule has 0 bridgehead atoms. The van der Waals surface area contributed by atoms with Crippen molar-refractivity contribution in [2.45, 2.75) is 25.8 Å². The Hall–Kier alpha value is -0.960. The van der Waals surface area contributed by atoms with Gasteiger partial charge >= 0.3 is 0 Å². The van der Waals surface area contributed by atoms with Gasteiger partial charge in [-0.1, -0.05) is 6.07 Å². The molecule has 0 aliphatic carbocycles. The van der Waals surface area contributed by atoms with Gasteiger partial charge in [-0.05, 0) is 38.4 Å². The number of aryl methyl sites for hydroxylation is 1. The lowest BCUT2D eigenvalue weighted by Crippen LogP contribution is -2.13. The lowest BCUT2D eigenvalue weighted by Gasteiger charge is -2.09. The molecule has 0 amide bonds. The number of nitrogens with zero attached hydrogens (tertiary/aromatic N) is 1. The van der Waals surface area contributed by atoms with Crippen LogP contribution in [0, 0.1) is 0 Å². The van der Waals surface area contributed by atoms with Crippen LogP contribution in [0.5, 0.6) is 0 Å². The van der Waals surface area contributed by atoms with Gasteiger partial charge in [0.15, 0.2) is 0 Å². The average Bonchev–Trinajstić information content (AvgIpc) is 2.26. The second-order valence-corrected chi connectivity index (χ2v) is 3.39. The molecule has 14 heavy (non-hydrogen) atoms. The fraction of sp³-hybridized carbons (Fsp3) is 0.545. The minimum atomic E-state index is -0.255. The van der Waals surface area contributed by atoms with Crippen molar-refractivity contribution in [3.05, 3.63) is 29.6 Å². The van der Waals surface area contributed by atoms with E-state index in [0.29, 0.717) is 6.42 Å². The highest BCUT2D eigenvalue weighted by molar-refractivity contribution is 5.16. The molecule has 1 unspecified atom stereocenters. The Bertz CT molecular complexity index is 258. The molecule has 0 saturated carbocycles. The molecule has 3 heteroatoms. The summed E-state index contributed by atoms with van der Waals surface area (Å²) in [5, 5.41) is 3.12. The maximum Gasteiger partial charge on any atom is 0.0897 e. The molecular weight excluding hydrogens is 179 g/mol. The highest BCUT2D eigenvalue weighted by atomic mass is 19.1. The molecule has 0 saturated heterocycles. The van der Waals surface area contributed by atoms with Gasteiger partial charge in [0.05, 0.1) is 12.4 Å². The smallest absolute Gasteiger partial charge is 0.0897 e. The molecular formula is C11H17FN2. The highest BCUT2D eigenvalue weighted by Gasteiger charge is 2.02. The van der Waals surface area contributed by atoms with Gasteiger partial charge in [-0.15, -0.1) is 0 Å². The van der Waals surface area contributed by atoms with Crippen molar-refractivity contribution in [2.24, 2.45) is 0 Å². The highest BCUT2D eigenvalue weighted by Crippen LogP contribution is 2.10. The van der Waals surface area contributed by atoms with Gasteiger partial charge in [-0.2, -0.15) is 0 Å². The van der Waals surface area contributed by atoms with E-state index in [2.05, 4.69) is 17.2 Å². The maximum atomic E-state index is 11.9. The number of rotatable bonds is 5. The molecule has 0 aromatic carbocycles. The van der Waals surface area contributed by atoms with E-state index >= 15 is 0 Å². The third kappa shape index (κ3) is 3.07. The molecule has 0 aliphatic rings. The summed E-state index contributed by atoms with van der Waals surface area (Å²) in [6.45, 7) is 1.80. The van der Waals surface area contributed by atoms with Gasteiger partial charge in [0, 0.05) is 12.2 Å². The van der Waals surface area contributed by atoms with Gasteiger partial charge < -0.3 is 5.32 Å². The summed E-state index contributed by atoms with van der Waals surface area (Å²) in [4.78, 5) is 4.32. The number of alkyl halides is 1. The summed E-state index contributed by atoms with van der Waals surface area (Å²) in [5.74, 6) is 0. The Morgan fingerprint density at radius 3 is 2.79 bits per heavy atom. The molecule has 1 aromatic heterocycles. The molecule has 1 N–H and O–H groups in total. The van der Waals surface area contributed by atoms with E-state index in [1.165, 1.54) is 0 Å². The Labute approximate surface area is 84.6 Å². The largest absolute Gasteiger partial charge is 0.312 e. The normalized spacial score (nSPS) is 12.8. The van der Waals surface area contributed by atoms with Crippen LogP contribution in [0.4, 0.5) is 4.39 Å². The lowest BCUT2D eigenvalue weighted by atomic mass is 10.1. The van der Waals surface area contributed by atoms with E-state index in [-0.39, 0.29) is 12.7 Å². The second kappa shape index (κ2) is 5.70. The lowest BCUT2D eigenvalue weighted by molar-refractivity contribution is 0.472.